The van der Waals surface area contributed by atoms with Crippen LogP contribution in [0.4, 0.5) is 5.69 Å². The number of rotatable bonds is 5. The van der Waals surface area contributed by atoms with E-state index in [1.807, 2.05) is 24.3 Å². The Labute approximate surface area is 200 Å². The molecule has 166 valence electrons. The number of anilines is 1. The van der Waals surface area contributed by atoms with Gasteiger partial charge in [-0.15, -0.1) is 0 Å². The van der Waals surface area contributed by atoms with Crippen molar-refractivity contribution < 1.29 is 9.59 Å². The number of para-hydroxylation sites is 1. The average Bonchev–Trinajstić information content (AvgIpc) is 3.52. The van der Waals surface area contributed by atoms with Crippen LogP contribution in [0.5, 0.6) is 0 Å². The van der Waals surface area contributed by atoms with E-state index in [1.54, 1.807) is 48.0 Å². The Bertz CT molecular complexity index is 1410. The van der Waals surface area contributed by atoms with Crippen molar-refractivity contribution in [2.75, 3.05) is 5.32 Å². The normalized spacial score (nSPS) is 13.2. The third-order valence-electron chi connectivity index (χ3n) is 5.59. The van der Waals surface area contributed by atoms with Gasteiger partial charge in [0, 0.05) is 22.6 Å². The monoisotopic (exact) mass is 478 g/mol. The van der Waals surface area contributed by atoms with E-state index in [0.717, 1.165) is 23.7 Å². The predicted octanol–water partition coefficient (Wildman–Crippen LogP) is 5.79. The number of pyridine rings is 1. The van der Waals surface area contributed by atoms with Crippen LogP contribution in [0.15, 0.2) is 60.8 Å². The van der Waals surface area contributed by atoms with Crippen molar-refractivity contribution in [3.05, 3.63) is 87.7 Å². The van der Waals surface area contributed by atoms with Crippen LogP contribution in [-0.4, -0.2) is 27.4 Å². The minimum Gasteiger partial charge on any atom is -0.349 e. The van der Waals surface area contributed by atoms with E-state index in [-0.39, 0.29) is 17.9 Å². The molecule has 0 unspecified atom stereocenters. The maximum atomic E-state index is 13.6. The molecule has 0 atom stereocenters. The zero-order valence-corrected chi connectivity index (χ0v) is 19.2. The number of hydrogen-bond acceptors (Lipinski definition) is 3. The lowest BCUT2D eigenvalue weighted by Crippen LogP contribution is -2.27. The van der Waals surface area contributed by atoms with Crippen LogP contribution in [0.2, 0.25) is 10.0 Å². The van der Waals surface area contributed by atoms with Gasteiger partial charge in [-0.3, -0.25) is 14.2 Å². The van der Waals surface area contributed by atoms with Gasteiger partial charge in [-0.1, -0.05) is 41.4 Å². The number of carbonyl (C=O) groups excluding carboxylic acids is 2. The Morgan fingerprint density at radius 1 is 1.03 bits per heavy atom. The van der Waals surface area contributed by atoms with Crippen LogP contribution < -0.4 is 10.6 Å². The molecular weight excluding hydrogens is 459 g/mol. The number of aromatic nitrogens is 2. The number of halogens is 2. The smallest absolute Gasteiger partial charge is 0.272 e. The van der Waals surface area contributed by atoms with Crippen LogP contribution in [0, 0.1) is 6.92 Å². The van der Waals surface area contributed by atoms with Crippen molar-refractivity contribution in [1.29, 1.82) is 0 Å². The van der Waals surface area contributed by atoms with Crippen molar-refractivity contribution in [3.63, 3.8) is 0 Å². The third-order valence-corrected chi connectivity index (χ3v) is 6.10. The summed E-state index contributed by atoms with van der Waals surface area (Å²) in [5.74, 6) is -0.199. The Kier molecular flexibility index (Phi) is 5.56. The fourth-order valence-electron chi connectivity index (χ4n) is 3.85. The second-order valence-electron chi connectivity index (χ2n) is 8.08. The van der Waals surface area contributed by atoms with E-state index in [4.69, 9.17) is 23.2 Å². The van der Waals surface area contributed by atoms with Gasteiger partial charge >= 0.3 is 0 Å². The maximum Gasteiger partial charge on any atom is 0.272 e. The van der Waals surface area contributed by atoms with Gasteiger partial charge in [-0.25, -0.2) is 4.98 Å². The summed E-state index contributed by atoms with van der Waals surface area (Å²) >= 11 is 12.7. The minimum atomic E-state index is -0.390. The summed E-state index contributed by atoms with van der Waals surface area (Å²) in [6.45, 7) is 1.81. The largest absolute Gasteiger partial charge is 0.349 e. The molecule has 0 aliphatic heterocycles. The molecule has 1 saturated carbocycles. The van der Waals surface area contributed by atoms with Crippen LogP contribution in [0.3, 0.4) is 0 Å². The Morgan fingerprint density at radius 2 is 1.82 bits per heavy atom. The van der Waals surface area contributed by atoms with Crippen molar-refractivity contribution in [2.24, 2.45) is 0 Å². The highest BCUT2D eigenvalue weighted by molar-refractivity contribution is 6.32. The van der Waals surface area contributed by atoms with Gasteiger partial charge in [0.15, 0.2) is 5.82 Å². The molecule has 8 heteroatoms. The maximum absolute atomic E-state index is 13.6. The van der Waals surface area contributed by atoms with E-state index in [9.17, 15) is 9.59 Å². The quantitative estimate of drug-likeness (QED) is 0.381. The van der Waals surface area contributed by atoms with Crippen LogP contribution >= 0.6 is 23.2 Å². The number of nitrogens with one attached hydrogen (secondary N) is 2. The van der Waals surface area contributed by atoms with Gasteiger partial charge in [0.2, 0.25) is 0 Å². The zero-order chi connectivity index (χ0) is 23.1. The molecule has 0 bridgehead atoms. The van der Waals surface area contributed by atoms with E-state index in [0.29, 0.717) is 38.4 Å². The number of carbonyl (C=O) groups is 2. The zero-order valence-electron chi connectivity index (χ0n) is 17.7. The molecule has 0 saturated heterocycles. The van der Waals surface area contributed by atoms with Gasteiger partial charge in [-0.05, 0) is 61.7 Å². The lowest BCUT2D eigenvalue weighted by molar-refractivity contribution is 0.0952. The van der Waals surface area contributed by atoms with Crippen LogP contribution in [0.25, 0.3) is 16.7 Å². The van der Waals surface area contributed by atoms with Gasteiger partial charge in [0.25, 0.3) is 11.8 Å². The van der Waals surface area contributed by atoms with E-state index < -0.39 is 0 Å². The summed E-state index contributed by atoms with van der Waals surface area (Å²) < 4.78 is 1.72. The molecule has 2 aromatic heterocycles. The first-order valence-corrected chi connectivity index (χ1v) is 11.3. The molecule has 2 amide bonds. The van der Waals surface area contributed by atoms with Crippen LogP contribution in [0.1, 0.15) is 39.3 Å². The first-order chi connectivity index (χ1) is 15.9. The SMILES string of the molecule is Cc1cc(Cl)cc(C(=O)NC2CC2)c1NC(=O)c1cc2ccccc2n1-c1ncccc1Cl. The summed E-state index contributed by atoms with van der Waals surface area (Å²) in [5, 5.41) is 7.61. The van der Waals surface area contributed by atoms with Gasteiger partial charge < -0.3 is 10.6 Å². The highest BCUT2D eigenvalue weighted by Gasteiger charge is 2.27. The number of amides is 2. The van der Waals surface area contributed by atoms with Crippen molar-refractivity contribution in [3.8, 4) is 5.82 Å². The molecule has 1 fully saturated rings. The molecule has 4 aromatic rings. The van der Waals surface area contributed by atoms with E-state index in [1.165, 1.54) is 0 Å². The lowest BCUT2D eigenvalue weighted by Gasteiger charge is -2.16. The summed E-state index contributed by atoms with van der Waals surface area (Å²) in [4.78, 5) is 30.8. The molecule has 33 heavy (non-hydrogen) atoms. The number of benzene rings is 2. The number of fused-ring (bicyclic) bond motifs is 1. The summed E-state index contributed by atoms with van der Waals surface area (Å²) in [5.41, 5.74) is 2.59. The topological polar surface area (TPSA) is 76.0 Å². The fraction of sp³-hybridized carbons (Fsp3) is 0.160. The van der Waals surface area contributed by atoms with E-state index >= 15 is 0 Å². The lowest BCUT2D eigenvalue weighted by atomic mass is 10.1. The number of hydrogen-bond donors (Lipinski definition) is 2. The molecule has 0 radical (unpaired) electrons. The first kappa shape index (κ1) is 21.5. The molecular formula is C25H20Cl2N4O2. The Balaban J connectivity index is 1.59. The third kappa shape index (κ3) is 4.19. The molecule has 6 nitrogen and oxygen atoms in total. The average molecular weight is 479 g/mol. The molecule has 5 rings (SSSR count). The summed E-state index contributed by atoms with van der Waals surface area (Å²) in [7, 11) is 0. The standard InChI is InChI=1S/C25H20Cl2N4O2/c1-14-11-16(26)13-18(24(32)29-17-8-9-17)22(14)30-25(33)21-12-15-5-2-3-7-20(15)31(21)23-19(27)6-4-10-28-23/h2-7,10-13,17H,8-9H2,1H3,(H,29,32)(H,30,33). The van der Waals surface area contributed by atoms with Gasteiger partial charge in [0.05, 0.1) is 21.8 Å². The Hall–Kier alpha value is -3.35. The van der Waals surface area contributed by atoms with Gasteiger partial charge in [-0.2, -0.15) is 0 Å². The van der Waals surface area contributed by atoms with Crippen LogP contribution in [-0.2, 0) is 0 Å². The highest BCUT2D eigenvalue weighted by Crippen LogP contribution is 2.31. The molecule has 0 spiro atoms. The molecule has 1 aliphatic rings. The van der Waals surface area contributed by atoms with Gasteiger partial charge in [0.1, 0.15) is 5.69 Å². The first-order valence-electron chi connectivity index (χ1n) is 10.6. The van der Waals surface area contributed by atoms with Crippen molar-refractivity contribution >= 4 is 51.6 Å². The molecule has 2 heterocycles. The number of aryl methyl sites for hydroxylation is 1. The molecule has 2 aromatic carbocycles. The van der Waals surface area contributed by atoms with E-state index in [2.05, 4.69) is 15.6 Å². The second-order valence-corrected chi connectivity index (χ2v) is 8.92. The Morgan fingerprint density at radius 3 is 2.58 bits per heavy atom. The molecule has 2 N–H and O–H groups in total. The second kappa shape index (κ2) is 8.54. The minimum absolute atomic E-state index is 0.175. The fourth-order valence-corrected chi connectivity index (χ4v) is 4.33. The predicted molar refractivity (Wildman–Crippen MR) is 131 cm³/mol. The number of nitrogens with zero attached hydrogens (tertiary/aromatic N) is 2. The summed E-state index contributed by atoms with van der Waals surface area (Å²) in [6.07, 6.45) is 3.54. The molecule has 1 aliphatic carbocycles. The van der Waals surface area contributed by atoms with Crippen molar-refractivity contribution in [2.45, 2.75) is 25.8 Å². The highest BCUT2D eigenvalue weighted by atomic mass is 35.5. The summed E-state index contributed by atoms with van der Waals surface area (Å²) in [6, 6.07) is 16.3. The van der Waals surface area contributed by atoms with Crippen molar-refractivity contribution in [1.82, 2.24) is 14.9 Å².